The Morgan fingerprint density at radius 3 is 2.78 bits per heavy atom. The number of methoxy groups -OCH3 is 1. The molecule has 0 spiro atoms. The highest BCUT2D eigenvalue weighted by Crippen LogP contribution is 2.19. The molecule has 0 unspecified atom stereocenters. The van der Waals surface area contributed by atoms with E-state index in [1.165, 1.54) is 17.9 Å². The van der Waals surface area contributed by atoms with Crippen LogP contribution in [0.3, 0.4) is 0 Å². The van der Waals surface area contributed by atoms with Crippen LogP contribution in [0.15, 0.2) is 47.4 Å². The number of alkyl halides is 2. The van der Waals surface area contributed by atoms with Crippen molar-refractivity contribution < 1.29 is 18.3 Å². The molecule has 140 valence electrons. The second kappa shape index (κ2) is 7.90. The summed E-state index contributed by atoms with van der Waals surface area (Å²) in [5.74, 6) is -0.395. The molecule has 2 heterocycles. The lowest BCUT2D eigenvalue weighted by atomic mass is 10.2. The number of para-hydroxylation sites is 1. The Balaban J connectivity index is 2.11. The average molecular weight is 374 g/mol. The fourth-order valence-corrected chi connectivity index (χ4v) is 2.63. The van der Waals surface area contributed by atoms with Gasteiger partial charge in [-0.05, 0) is 18.2 Å². The quantitative estimate of drug-likeness (QED) is 0.712. The van der Waals surface area contributed by atoms with Gasteiger partial charge in [0.15, 0.2) is 11.3 Å². The third-order valence-electron chi connectivity index (χ3n) is 3.85. The van der Waals surface area contributed by atoms with Crippen LogP contribution in [0.5, 0.6) is 5.75 Å². The number of ether oxygens (including phenoxy) is 1. The summed E-state index contributed by atoms with van der Waals surface area (Å²) in [4.78, 5) is 33.2. The molecule has 1 amide bonds. The Hall–Kier alpha value is -3.36. The number of halogens is 2. The molecule has 2 aromatic heterocycles. The molecule has 1 N–H and O–H groups in total. The zero-order chi connectivity index (χ0) is 19.4. The molecular formula is C18H16F2N4O3. The van der Waals surface area contributed by atoms with Gasteiger partial charge in [0.05, 0.1) is 20.2 Å². The molecule has 0 fully saturated rings. The van der Waals surface area contributed by atoms with Crippen molar-refractivity contribution in [2.75, 3.05) is 13.7 Å². The van der Waals surface area contributed by atoms with E-state index in [1.54, 1.807) is 36.4 Å². The first kappa shape index (κ1) is 18.4. The summed E-state index contributed by atoms with van der Waals surface area (Å²) in [6.07, 6.45) is -1.23. The molecule has 9 heteroatoms. The van der Waals surface area contributed by atoms with Gasteiger partial charge in [0.2, 0.25) is 0 Å². The summed E-state index contributed by atoms with van der Waals surface area (Å²) < 4.78 is 31.3. The molecule has 0 aliphatic carbocycles. The van der Waals surface area contributed by atoms with Crippen LogP contribution >= 0.6 is 0 Å². The van der Waals surface area contributed by atoms with Gasteiger partial charge in [-0.15, -0.1) is 0 Å². The minimum absolute atomic E-state index is 0.0774. The van der Waals surface area contributed by atoms with Gasteiger partial charge in [0, 0.05) is 11.8 Å². The Labute approximate surface area is 152 Å². The van der Waals surface area contributed by atoms with Crippen molar-refractivity contribution in [3.8, 4) is 5.75 Å². The van der Waals surface area contributed by atoms with E-state index in [9.17, 15) is 18.4 Å². The van der Waals surface area contributed by atoms with E-state index in [4.69, 9.17) is 4.74 Å². The van der Waals surface area contributed by atoms with Gasteiger partial charge in [0.1, 0.15) is 11.3 Å². The average Bonchev–Trinajstić information content (AvgIpc) is 2.68. The maximum Gasteiger partial charge on any atom is 0.284 e. The van der Waals surface area contributed by atoms with Crippen molar-refractivity contribution in [3.05, 3.63) is 64.2 Å². The van der Waals surface area contributed by atoms with Crippen molar-refractivity contribution >= 4 is 17.1 Å². The van der Waals surface area contributed by atoms with E-state index in [1.807, 2.05) is 5.32 Å². The number of pyridine rings is 1. The summed E-state index contributed by atoms with van der Waals surface area (Å²) >= 11 is 0. The predicted octanol–water partition coefficient (Wildman–Crippen LogP) is 1.84. The highest BCUT2D eigenvalue weighted by atomic mass is 19.3. The highest BCUT2D eigenvalue weighted by molar-refractivity contribution is 5.93. The van der Waals surface area contributed by atoms with Crippen LogP contribution in [0.25, 0.3) is 11.2 Å². The zero-order valence-electron chi connectivity index (χ0n) is 14.4. The van der Waals surface area contributed by atoms with Gasteiger partial charge >= 0.3 is 0 Å². The molecule has 0 aliphatic heterocycles. The summed E-state index contributed by atoms with van der Waals surface area (Å²) in [5, 5.41) is 2.01. The number of carbonyl (C=O) groups excluding carboxylic acids is 1. The molecule has 0 saturated carbocycles. The number of fused-ring (bicyclic) bond motifs is 1. The van der Waals surface area contributed by atoms with Crippen LogP contribution in [-0.4, -0.2) is 40.5 Å². The first-order valence-corrected chi connectivity index (χ1v) is 8.05. The monoisotopic (exact) mass is 374 g/mol. The molecule has 0 atom stereocenters. The van der Waals surface area contributed by atoms with E-state index >= 15 is 0 Å². The molecular weight excluding hydrogens is 358 g/mol. The second-order valence-corrected chi connectivity index (χ2v) is 5.61. The van der Waals surface area contributed by atoms with Crippen molar-refractivity contribution in [1.82, 2.24) is 19.9 Å². The lowest BCUT2D eigenvalue weighted by Crippen LogP contribution is -2.37. The van der Waals surface area contributed by atoms with Gasteiger partial charge in [-0.1, -0.05) is 18.2 Å². The summed E-state index contributed by atoms with van der Waals surface area (Å²) in [7, 11) is 1.51. The topological polar surface area (TPSA) is 86.1 Å². The number of hydrogen-bond acceptors (Lipinski definition) is 5. The van der Waals surface area contributed by atoms with Crippen LogP contribution in [0, 0.1) is 0 Å². The molecule has 27 heavy (non-hydrogen) atoms. The third kappa shape index (κ3) is 3.91. The number of amides is 1. The lowest BCUT2D eigenvalue weighted by molar-refractivity contribution is 0.0885. The lowest BCUT2D eigenvalue weighted by Gasteiger charge is -2.13. The van der Waals surface area contributed by atoms with Gasteiger partial charge in [-0.25, -0.2) is 18.7 Å². The minimum Gasteiger partial charge on any atom is -0.496 e. The maximum absolute atomic E-state index is 12.8. The number of nitrogens with zero attached hydrogens (tertiary/aromatic N) is 3. The smallest absolute Gasteiger partial charge is 0.284 e. The number of benzene rings is 1. The number of nitrogens with one attached hydrogen (secondary N) is 1. The largest absolute Gasteiger partial charge is 0.496 e. The fourth-order valence-electron chi connectivity index (χ4n) is 2.63. The van der Waals surface area contributed by atoms with Crippen molar-refractivity contribution in [1.29, 1.82) is 0 Å². The minimum atomic E-state index is -2.73. The molecule has 0 bridgehead atoms. The van der Waals surface area contributed by atoms with Crippen LogP contribution in [-0.2, 0) is 6.54 Å². The van der Waals surface area contributed by atoms with Crippen molar-refractivity contribution in [2.24, 2.45) is 0 Å². The van der Waals surface area contributed by atoms with Crippen molar-refractivity contribution in [2.45, 2.75) is 13.0 Å². The Kier molecular flexibility index (Phi) is 5.39. The van der Waals surface area contributed by atoms with E-state index < -0.39 is 30.1 Å². The first-order valence-electron chi connectivity index (χ1n) is 8.05. The Morgan fingerprint density at radius 1 is 1.26 bits per heavy atom. The Morgan fingerprint density at radius 2 is 2.04 bits per heavy atom. The van der Waals surface area contributed by atoms with Gasteiger partial charge in [-0.3, -0.25) is 14.2 Å². The SMILES string of the molecule is COc1ccccc1Cn1c(=O)c(C(=O)NCC(F)F)nc2cccnc21. The van der Waals surface area contributed by atoms with Gasteiger partial charge in [-0.2, -0.15) is 0 Å². The van der Waals surface area contributed by atoms with Crippen LogP contribution < -0.4 is 15.6 Å². The molecule has 0 aliphatic rings. The van der Waals surface area contributed by atoms with E-state index in [0.717, 1.165) is 0 Å². The first-order chi connectivity index (χ1) is 13.0. The summed E-state index contributed by atoms with van der Waals surface area (Å²) in [5.41, 5.74) is 0.0807. The Bertz CT molecular complexity index is 1040. The summed E-state index contributed by atoms with van der Waals surface area (Å²) in [6, 6.07) is 10.3. The molecule has 7 nitrogen and oxygen atoms in total. The van der Waals surface area contributed by atoms with Crippen LogP contribution in [0.4, 0.5) is 8.78 Å². The van der Waals surface area contributed by atoms with Gasteiger partial charge < -0.3 is 10.1 Å². The molecule has 0 radical (unpaired) electrons. The second-order valence-electron chi connectivity index (χ2n) is 5.61. The molecule has 1 aromatic carbocycles. The normalized spacial score (nSPS) is 11.0. The predicted molar refractivity (Wildman–Crippen MR) is 94.2 cm³/mol. The number of hydrogen-bond donors (Lipinski definition) is 1. The summed E-state index contributed by atoms with van der Waals surface area (Å²) in [6.45, 7) is -0.786. The number of carbonyl (C=O) groups is 1. The molecule has 0 saturated heterocycles. The van der Waals surface area contributed by atoms with Crippen molar-refractivity contribution in [3.63, 3.8) is 0 Å². The third-order valence-corrected chi connectivity index (χ3v) is 3.85. The van der Waals surface area contributed by atoms with Crippen LogP contribution in [0.2, 0.25) is 0 Å². The van der Waals surface area contributed by atoms with E-state index in [2.05, 4.69) is 9.97 Å². The number of rotatable bonds is 6. The zero-order valence-corrected chi connectivity index (χ0v) is 14.4. The van der Waals surface area contributed by atoms with E-state index in [-0.39, 0.29) is 12.2 Å². The molecule has 3 aromatic rings. The highest BCUT2D eigenvalue weighted by Gasteiger charge is 2.19. The molecule has 3 rings (SSSR count). The van der Waals surface area contributed by atoms with Gasteiger partial charge in [0.25, 0.3) is 17.9 Å². The maximum atomic E-state index is 12.8. The van der Waals surface area contributed by atoms with E-state index in [0.29, 0.717) is 16.8 Å². The fraction of sp³-hybridized carbons (Fsp3) is 0.222. The standard InChI is InChI=1S/C18H16F2N4O3/c1-27-13-7-3-2-5-11(13)10-24-16-12(6-4-8-21-16)23-15(18(24)26)17(25)22-9-14(19)20/h2-8,14H,9-10H2,1H3,(H,22,25). The number of aromatic nitrogens is 3. The van der Waals surface area contributed by atoms with Crippen LogP contribution in [0.1, 0.15) is 16.1 Å².